The maximum atomic E-state index is 10.8. The Labute approximate surface area is 130 Å². The normalized spacial score (nSPS) is 10.3. The number of nitrogens with zero attached hydrogens (tertiary/aromatic N) is 2. The molecule has 1 aromatic rings. The van der Waals surface area contributed by atoms with Gasteiger partial charge in [-0.05, 0) is 25.3 Å². The molecule has 22 heavy (non-hydrogen) atoms. The van der Waals surface area contributed by atoms with Crippen molar-refractivity contribution in [3.05, 3.63) is 45.6 Å². The Morgan fingerprint density at radius 1 is 1.27 bits per heavy atom. The Bertz CT molecular complexity index is 511. The summed E-state index contributed by atoms with van der Waals surface area (Å²) in [7, 11) is 6.85. The van der Waals surface area contributed by atoms with Gasteiger partial charge in [-0.1, -0.05) is 6.07 Å². The molecule has 0 aliphatic rings. The number of hydrogen-bond acceptors (Lipinski definition) is 6. The zero-order valence-electron chi connectivity index (χ0n) is 13.5. The molecule has 0 aliphatic carbocycles. The highest BCUT2D eigenvalue weighted by molar-refractivity contribution is 5.78. The minimum atomic E-state index is -0.498. The number of aldehydes is 1. The molecule has 0 atom stereocenters. The highest BCUT2D eigenvalue weighted by atomic mass is 16.7. The van der Waals surface area contributed by atoms with Crippen molar-refractivity contribution < 1.29 is 19.2 Å². The third kappa shape index (κ3) is 7.51. The van der Waals surface area contributed by atoms with Crippen LogP contribution in [0.1, 0.15) is 22.8 Å². The molecule has 0 aliphatic heterocycles. The summed E-state index contributed by atoms with van der Waals surface area (Å²) < 4.78 is 9.35. The van der Waals surface area contributed by atoms with Gasteiger partial charge < -0.3 is 14.4 Å². The lowest BCUT2D eigenvalue weighted by molar-refractivity contribution is -0.385. The van der Waals surface area contributed by atoms with E-state index >= 15 is 0 Å². The molecule has 0 saturated heterocycles. The number of ether oxygens (including phenoxy) is 2. The maximum absolute atomic E-state index is 10.8. The number of carbonyl (C=O) groups is 1. The van der Waals surface area contributed by atoms with Gasteiger partial charge in [-0.2, -0.15) is 0 Å². The zero-order valence-corrected chi connectivity index (χ0v) is 13.5. The monoisotopic (exact) mass is 310 g/mol. The van der Waals surface area contributed by atoms with E-state index in [9.17, 15) is 14.9 Å². The highest BCUT2D eigenvalue weighted by Crippen LogP contribution is 2.21. The summed E-state index contributed by atoms with van der Waals surface area (Å²) in [6, 6.07) is 4.37. The van der Waals surface area contributed by atoms with Crippen LogP contribution in [-0.2, 0) is 9.47 Å². The van der Waals surface area contributed by atoms with E-state index in [0.717, 1.165) is 0 Å². The highest BCUT2D eigenvalue weighted by Gasteiger charge is 2.12. The molecule has 0 saturated carbocycles. The van der Waals surface area contributed by atoms with Gasteiger partial charge in [0.05, 0.1) is 10.5 Å². The summed E-state index contributed by atoms with van der Waals surface area (Å²) in [5.41, 5.74) is 0.709. The molecule has 122 valence electrons. The molecule has 0 amide bonds. The van der Waals surface area contributed by atoms with E-state index in [2.05, 4.69) is 9.47 Å². The van der Waals surface area contributed by atoms with Crippen LogP contribution in [0.25, 0.3) is 6.08 Å². The maximum Gasteiger partial charge on any atom is 0.277 e. The summed E-state index contributed by atoms with van der Waals surface area (Å²) in [6.07, 6.45) is 3.87. The van der Waals surface area contributed by atoms with Crippen molar-refractivity contribution in [2.24, 2.45) is 0 Å². The van der Waals surface area contributed by atoms with E-state index in [4.69, 9.17) is 0 Å². The van der Waals surface area contributed by atoms with Crippen molar-refractivity contribution in [2.45, 2.75) is 13.2 Å². The van der Waals surface area contributed by atoms with Crippen LogP contribution in [0.5, 0.6) is 0 Å². The van der Waals surface area contributed by atoms with Crippen molar-refractivity contribution in [1.82, 2.24) is 4.90 Å². The van der Waals surface area contributed by atoms with Crippen LogP contribution in [0, 0.1) is 10.1 Å². The lowest BCUT2D eigenvalue weighted by Crippen LogP contribution is -2.05. The van der Waals surface area contributed by atoms with E-state index in [-0.39, 0.29) is 12.0 Å². The van der Waals surface area contributed by atoms with Crippen molar-refractivity contribution in [3.8, 4) is 0 Å². The van der Waals surface area contributed by atoms with Crippen LogP contribution < -0.4 is 0 Å². The molecule has 1 rings (SSSR count). The van der Waals surface area contributed by atoms with Crippen LogP contribution in [0.3, 0.4) is 0 Å². The second-order valence-electron chi connectivity index (χ2n) is 4.51. The molecule has 0 bridgehead atoms. The summed E-state index contributed by atoms with van der Waals surface area (Å²) >= 11 is 0. The topological polar surface area (TPSA) is 81.9 Å². The zero-order chi connectivity index (χ0) is 17.1. The Morgan fingerprint density at radius 2 is 1.86 bits per heavy atom. The van der Waals surface area contributed by atoms with Crippen LogP contribution in [0.15, 0.2) is 24.4 Å². The van der Waals surface area contributed by atoms with Gasteiger partial charge in [-0.3, -0.25) is 14.9 Å². The first-order valence-corrected chi connectivity index (χ1v) is 6.49. The number of carbonyl (C=O) groups excluding carboxylic acids is 1. The second-order valence-corrected chi connectivity index (χ2v) is 4.51. The Hall–Kier alpha value is -2.25. The van der Waals surface area contributed by atoms with E-state index in [1.165, 1.54) is 6.07 Å². The first-order valence-electron chi connectivity index (χ1n) is 6.49. The van der Waals surface area contributed by atoms with Gasteiger partial charge in [-0.15, -0.1) is 0 Å². The van der Waals surface area contributed by atoms with Gasteiger partial charge >= 0.3 is 0 Å². The molecule has 0 fully saturated rings. The van der Waals surface area contributed by atoms with Crippen molar-refractivity contribution in [3.63, 3.8) is 0 Å². The first kappa shape index (κ1) is 19.8. The average Bonchev–Trinajstić information content (AvgIpc) is 2.52. The molecular weight excluding hydrogens is 288 g/mol. The number of nitro benzene ring substituents is 1. The van der Waals surface area contributed by atoms with Crippen LogP contribution >= 0.6 is 0 Å². The molecule has 0 radical (unpaired) electrons. The van der Waals surface area contributed by atoms with Crippen molar-refractivity contribution in [2.75, 3.05) is 28.3 Å². The van der Waals surface area contributed by atoms with Crippen LogP contribution in [0.2, 0.25) is 0 Å². The number of nitro groups is 1. The fourth-order valence-electron chi connectivity index (χ4n) is 1.26. The molecule has 0 heterocycles. The van der Waals surface area contributed by atoms with E-state index in [0.29, 0.717) is 17.4 Å². The number of hydrogen-bond donors (Lipinski definition) is 0. The minimum absolute atomic E-state index is 0.0648. The Balaban J connectivity index is 0.000000626. The van der Waals surface area contributed by atoms with Crippen molar-refractivity contribution >= 4 is 18.0 Å². The first-order chi connectivity index (χ1) is 10.3. The smallest absolute Gasteiger partial charge is 0.277 e. The molecule has 0 N–H and O–H groups in total. The summed E-state index contributed by atoms with van der Waals surface area (Å²) in [4.78, 5) is 22.6. The molecule has 0 unspecified atom stereocenters. The standard InChI is InChI=1S/C11H12N2O3.C4H10O2/c1-12(2)6-5-10-4-3-9(8-14)7-11(10)13(15)16;1-4(5-2)6-3/h3-8H,1-2H3;4H,1-3H3/b6-5+;. The molecule has 1 aromatic carbocycles. The fourth-order valence-corrected chi connectivity index (χ4v) is 1.26. The van der Waals surface area contributed by atoms with E-state index < -0.39 is 4.92 Å². The lowest BCUT2D eigenvalue weighted by Gasteiger charge is -2.03. The third-order valence-corrected chi connectivity index (χ3v) is 2.60. The lowest BCUT2D eigenvalue weighted by atomic mass is 10.1. The SMILES string of the molecule is CN(C)/C=C/c1ccc(C=O)cc1[N+](=O)[O-].COC(C)OC. The molecule has 7 heteroatoms. The fraction of sp³-hybridized carbons (Fsp3) is 0.400. The van der Waals surface area contributed by atoms with E-state index in [1.807, 2.05) is 21.0 Å². The van der Waals surface area contributed by atoms with Crippen molar-refractivity contribution in [1.29, 1.82) is 0 Å². The number of benzene rings is 1. The summed E-state index contributed by atoms with van der Waals surface area (Å²) in [5.74, 6) is 0. The molecule has 0 aromatic heterocycles. The molecule has 0 spiro atoms. The number of rotatable bonds is 6. The van der Waals surface area contributed by atoms with Gasteiger partial charge in [0, 0.05) is 39.9 Å². The van der Waals surface area contributed by atoms with Gasteiger partial charge in [-0.25, -0.2) is 0 Å². The molecule has 7 nitrogen and oxygen atoms in total. The van der Waals surface area contributed by atoms with Gasteiger partial charge in [0.2, 0.25) is 0 Å². The Kier molecular flexibility index (Phi) is 9.40. The predicted molar refractivity (Wildman–Crippen MR) is 84.7 cm³/mol. The third-order valence-electron chi connectivity index (χ3n) is 2.60. The Morgan fingerprint density at radius 3 is 2.23 bits per heavy atom. The predicted octanol–water partition coefficient (Wildman–Crippen LogP) is 2.56. The number of methoxy groups -OCH3 is 2. The summed E-state index contributed by atoms with van der Waals surface area (Å²) in [6.45, 7) is 1.83. The van der Waals surface area contributed by atoms with Crippen LogP contribution in [0.4, 0.5) is 5.69 Å². The minimum Gasteiger partial charge on any atom is -0.383 e. The van der Waals surface area contributed by atoms with Crippen LogP contribution in [-0.4, -0.2) is 50.7 Å². The van der Waals surface area contributed by atoms with Gasteiger partial charge in [0.1, 0.15) is 6.29 Å². The quantitative estimate of drug-likeness (QED) is 0.347. The largest absolute Gasteiger partial charge is 0.383 e. The van der Waals surface area contributed by atoms with Gasteiger partial charge in [0.25, 0.3) is 5.69 Å². The molecular formula is C15H22N2O5. The average molecular weight is 310 g/mol. The summed E-state index contributed by atoms with van der Waals surface area (Å²) in [5, 5.41) is 10.8. The van der Waals surface area contributed by atoms with E-state index in [1.54, 1.807) is 43.5 Å². The second kappa shape index (κ2) is 10.5. The van der Waals surface area contributed by atoms with Gasteiger partial charge in [0.15, 0.2) is 6.29 Å².